The summed E-state index contributed by atoms with van der Waals surface area (Å²) in [6.07, 6.45) is 13.1. The number of nitrogens with one attached hydrogen (secondary N) is 1. The Hall–Kier alpha value is -3.34. The smallest absolute Gasteiger partial charge is 0.220 e. The van der Waals surface area contributed by atoms with E-state index in [0.717, 1.165) is 59.6 Å². The molecule has 5 nitrogen and oxygen atoms in total. The molecule has 1 aromatic carbocycles. The van der Waals surface area contributed by atoms with Crippen molar-refractivity contribution in [1.29, 1.82) is 0 Å². The molecule has 0 unspecified atom stereocenters. The van der Waals surface area contributed by atoms with Crippen molar-refractivity contribution in [3.8, 4) is 22.5 Å². The molecule has 0 saturated heterocycles. The minimum absolute atomic E-state index is 0.114. The summed E-state index contributed by atoms with van der Waals surface area (Å²) in [5, 5.41) is 3.05. The van der Waals surface area contributed by atoms with E-state index in [-0.39, 0.29) is 5.91 Å². The van der Waals surface area contributed by atoms with Gasteiger partial charge in [0.05, 0.1) is 11.4 Å². The predicted octanol–water partition coefficient (Wildman–Crippen LogP) is 5.06. The number of pyridine rings is 1. The van der Waals surface area contributed by atoms with E-state index in [9.17, 15) is 4.79 Å². The summed E-state index contributed by atoms with van der Waals surface area (Å²) in [7, 11) is 0. The molecule has 156 valence electrons. The van der Waals surface area contributed by atoms with Gasteiger partial charge >= 0.3 is 0 Å². The SMILES string of the molecule is O=C(C[C@@H]1C=CCC1)NCc1ccc(-c2nc(C3CC3)ncc2-c2ccccn2)cc1. The molecular weight excluding hydrogens is 384 g/mol. The van der Waals surface area contributed by atoms with Gasteiger partial charge in [0.15, 0.2) is 0 Å². The highest BCUT2D eigenvalue weighted by Crippen LogP contribution is 2.40. The number of benzene rings is 1. The van der Waals surface area contributed by atoms with Crippen molar-refractivity contribution >= 4 is 5.91 Å². The molecule has 1 saturated carbocycles. The molecule has 1 atom stereocenters. The van der Waals surface area contributed by atoms with E-state index in [2.05, 4.69) is 51.7 Å². The van der Waals surface area contributed by atoms with E-state index in [1.54, 1.807) is 6.20 Å². The molecule has 3 aromatic rings. The second-order valence-corrected chi connectivity index (χ2v) is 8.42. The van der Waals surface area contributed by atoms with E-state index in [0.29, 0.717) is 24.8 Å². The predicted molar refractivity (Wildman–Crippen MR) is 121 cm³/mol. The number of rotatable bonds is 7. The molecule has 31 heavy (non-hydrogen) atoms. The number of carbonyl (C=O) groups is 1. The van der Waals surface area contributed by atoms with Crippen molar-refractivity contribution in [3.63, 3.8) is 0 Å². The fourth-order valence-electron chi connectivity index (χ4n) is 4.02. The maximum absolute atomic E-state index is 12.2. The third-order valence-electron chi connectivity index (χ3n) is 5.97. The Morgan fingerprint density at radius 1 is 1.03 bits per heavy atom. The van der Waals surface area contributed by atoms with E-state index < -0.39 is 0 Å². The lowest BCUT2D eigenvalue weighted by atomic mass is 10.0. The zero-order chi connectivity index (χ0) is 21.0. The van der Waals surface area contributed by atoms with Gasteiger partial charge in [-0.3, -0.25) is 9.78 Å². The molecule has 5 heteroatoms. The standard InChI is InChI=1S/C26H26N4O/c31-24(15-18-5-1-2-6-18)28-16-19-8-10-20(11-9-19)25-22(23-7-3-4-14-27-23)17-29-26(30-25)21-12-13-21/h1,3-5,7-11,14,17-18,21H,2,6,12-13,15-16H2,(H,28,31)/t18-/m1/s1. The van der Waals surface area contributed by atoms with Gasteiger partial charge in [-0.1, -0.05) is 42.5 Å². The monoisotopic (exact) mass is 410 g/mol. The topological polar surface area (TPSA) is 67.8 Å². The zero-order valence-electron chi connectivity index (χ0n) is 17.5. The Labute approximate surface area is 182 Å². The quantitative estimate of drug-likeness (QED) is 0.553. The minimum atomic E-state index is 0.114. The average molecular weight is 411 g/mol. The maximum atomic E-state index is 12.2. The number of carbonyl (C=O) groups excluding carboxylic acids is 1. The summed E-state index contributed by atoms with van der Waals surface area (Å²) < 4.78 is 0. The van der Waals surface area contributed by atoms with Crippen molar-refractivity contribution in [2.24, 2.45) is 5.92 Å². The van der Waals surface area contributed by atoms with Crippen LogP contribution in [0.3, 0.4) is 0 Å². The normalized spacial score (nSPS) is 17.6. The lowest BCUT2D eigenvalue weighted by molar-refractivity contribution is -0.121. The highest BCUT2D eigenvalue weighted by atomic mass is 16.1. The van der Waals surface area contributed by atoms with Crippen LogP contribution in [0.15, 0.2) is 67.0 Å². The molecule has 1 fully saturated rings. The Morgan fingerprint density at radius 3 is 2.61 bits per heavy atom. The Morgan fingerprint density at radius 2 is 1.90 bits per heavy atom. The van der Waals surface area contributed by atoms with Gasteiger partial charge in [-0.15, -0.1) is 0 Å². The summed E-state index contributed by atoms with van der Waals surface area (Å²) in [4.78, 5) is 26.2. The van der Waals surface area contributed by atoms with Crippen molar-refractivity contribution in [1.82, 2.24) is 20.3 Å². The van der Waals surface area contributed by atoms with E-state index in [1.807, 2.05) is 24.4 Å². The van der Waals surface area contributed by atoms with Crippen LogP contribution in [0.4, 0.5) is 0 Å². The largest absolute Gasteiger partial charge is 0.352 e. The molecule has 5 rings (SSSR count). The van der Waals surface area contributed by atoms with Crippen LogP contribution in [-0.4, -0.2) is 20.9 Å². The summed E-state index contributed by atoms with van der Waals surface area (Å²) >= 11 is 0. The molecule has 2 aromatic heterocycles. The van der Waals surface area contributed by atoms with Gasteiger partial charge in [0, 0.05) is 42.4 Å². The first-order valence-corrected chi connectivity index (χ1v) is 11.1. The molecule has 0 spiro atoms. The fourth-order valence-corrected chi connectivity index (χ4v) is 4.02. The van der Waals surface area contributed by atoms with Crippen LogP contribution in [0.1, 0.15) is 49.4 Å². The minimum Gasteiger partial charge on any atom is -0.352 e. The van der Waals surface area contributed by atoms with Crippen LogP contribution in [-0.2, 0) is 11.3 Å². The first-order chi connectivity index (χ1) is 15.3. The molecule has 2 aliphatic rings. The highest BCUT2D eigenvalue weighted by Gasteiger charge is 2.27. The lowest BCUT2D eigenvalue weighted by Gasteiger charge is -2.12. The van der Waals surface area contributed by atoms with Crippen molar-refractivity contribution in [2.45, 2.75) is 44.6 Å². The third-order valence-corrected chi connectivity index (χ3v) is 5.97. The number of aromatic nitrogens is 3. The summed E-state index contributed by atoms with van der Waals surface area (Å²) in [6.45, 7) is 0.541. The van der Waals surface area contributed by atoms with Gasteiger partial charge in [-0.2, -0.15) is 0 Å². The summed E-state index contributed by atoms with van der Waals surface area (Å²) in [5.41, 5.74) is 4.85. The number of hydrogen-bond donors (Lipinski definition) is 1. The molecule has 2 aliphatic carbocycles. The van der Waals surface area contributed by atoms with Crippen LogP contribution in [0.2, 0.25) is 0 Å². The molecule has 0 aliphatic heterocycles. The van der Waals surface area contributed by atoms with E-state index in [1.165, 1.54) is 0 Å². The number of amides is 1. The van der Waals surface area contributed by atoms with Gasteiger partial charge in [0.1, 0.15) is 5.82 Å². The van der Waals surface area contributed by atoms with Crippen LogP contribution < -0.4 is 5.32 Å². The van der Waals surface area contributed by atoms with Gasteiger partial charge in [0.2, 0.25) is 5.91 Å². The van der Waals surface area contributed by atoms with Gasteiger partial charge in [-0.05, 0) is 49.3 Å². The molecular formula is C26H26N4O. The first-order valence-electron chi connectivity index (χ1n) is 11.1. The van der Waals surface area contributed by atoms with Gasteiger partial charge in [0.25, 0.3) is 0 Å². The summed E-state index contributed by atoms with van der Waals surface area (Å²) in [6, 6.07) is 14.2. The average Bonchev–Trinajstić information content (AvgIpc) is 3.55. The molecule has 0 bridgehead atoms. The van der Waals surface area contributed by atoms with Crippen molar-refractivity contribution < 1.29 is 4.79 Å². The van der Waals surface area contributed by atoms with Crippen LogP contribution in [0, 0.1) is 5.92 Å². The van der Waals surface area contributed by atoms with E-state index >= 15 is 0 Å². The Balaban J connectivity index is 1.33. The Bertz CT molecular complexity index is 1090. The van der Waals surface area contributed by atoms with Gasteiger partial charge in [-0.25, -0.2) is 9.97 Å². The number of allylic oxidation sites excluding steroid dienone is 2. The molecule has 1 amide bonds. The fraction of sp³-hybridized carbons (Fsp3) is 0.308. The number of hydrogen-bond acceptors (Lipinski definition) is 4. The number of nitrogens with zero attached hydrogens (tertiary/aromatic N) is 3. The van der Waals surface area contributed by atoms with Gasteiger partial charge < -0.3 is 5.32 Å². The molecule has 0 radical (unpaired) electrons. The van der Waals surface area contributed by atoms with Crippen molar-refractivity contribution in [3.05, 3.63) is 78.4 Å². The highest BCUT2D eigenvalue weighted by molar-refractivity contribution is 5.79. The van der Waals surface area contributed by atoms with Crippen LogP contribution >= 0.6 is 0 Å². The third kappa shape index (κ3) is 4.71. The molecule has 1 N–H and O–H groups in total. The molecule has 2 heterocycles. The first kappa shape index (κ1) is 19.6. The Kier molecular flexibility index (Phi) is 5.57. The van der Waals surface area contributed by atoms with Crippen molar-refractivity contribution in [2.75, 3.05) is 0 Å². The van der Waals surface area contributed by atoms with Crippen LogP contribution in [0.5, 0.6) is 0 Å². The second-order valence-electron chi connectivity index (χ2n) is 8.42. The van der Waals surface area contributed by atoms with Crippen LogP contribution in [0.25, 0.3) is 22.5 Å². The second kappa shape index (κ2) is 8.80. The van der Waals surface area contributed by atoms with E-state index in [4.69, 9.17) is 4.98 Å². The lowest BCUT2D eigenvalue weighted by Crippen LogP contribution is -2.24. The zero-order valence-corrected chi connectivity index (χ0v) is 17.5. The maximum Gasteiger partial charge on any atom is 0.220 e. The summed E-state index contributed by atoms with van der Waals surface area (Å²) in [5.74, 6) is 1.92.